The Morgan fingerprint density at radius 1 is 1.19 bits per heavy atom. The van der Waals surface area contributed by atoms with Gasteiger partial charge in [-0.25, -0.2) is 0 Å². The van der Waals surface area contributed by atoms with Crippen LogP contribution in [0.25, 0.3) is 11.4 Å². The number of hydrogen-bond donors (Lipinski definition) is 0. The van der Waals surface area contributed by atoms with Crippen molar-refractivity contribution in [3.05, 3.63) is 65.5 Å². The number of carbonyl (C=O) groups is 1. The van der Waals surface area contributed by atoms with Crippen LogP contribution in [0.15, 0.2) is 53.1 Å². The van der Waals surface area contributed by atoms with E-state index in [1.54, 1.807) is 36.3 Å². The molecule has 3 aromatic rings. The minimum Gasteiger partial charge on any atom is -0.497 e. The lowest BCUT2D eigenvalue weighted by atomic mass is 10.1. The minimum absolute atomic E-state index is 0.110. The van der Waals surface area contributed by atoms with Gasteiger partial charge in [-0.2, -0.15) is 4.98 Å². The molecule has 0 aliphatic heterocycles. The minimum atomic E-state index is -0.110. The van der Waals surface area contributed by atoms with Crippen molar-refractivity contribution >= 4 is 5.91 Å². The van der Waals surface area contributed by atoms with Crippen LogP contribution in [0.1, 0.15) is 28.7 Å². The lowest BCUT2D eigenvalue weighted by molar-refractivity contribution is 0.0734. The van der Waals surface area contributed by atoms with Crippen molar-refractivity contribution in [1.29, 1.82) is 0 Å². The van der Waals surface area contributed by atoms with E-state index < -0.39 is 0 Å². The second-order valence-electron chi connectivity index (χ2n) is 5.93. The molecule has 6 heteroatoms. The molecule has 134 valence electrons. The maximum absolute atomic E-state index is 12.8. The molecule has 0 atom stereocenters. The highest BCUT2D eigenvalue weighted by Crippen LogP contribution is 2.19. The average molecular weight is 351 g/mol. The van der Waals surface area contributed by atoms with Crippen molar-refractivity contribution < 1.29 is 14.1 Å². The van der Waals surface area contributed by atoms with Crippen LogP contribution in [-0.4, -0.2) is 34.6 Å². The second-order valence-corrected chi connectivity index (χ2v) is 5.93. The van der Waals surface area contributed by atoms with Gasteiger partial charge in [0.05, 0.1) is 7.11 Å². The lowest BCUT2D eigenvalue weighted by Crippen LogP contribution is -2.30. The molecule has 0 spiro atoms. The van der Waals surface area contributed by atoms with Gasteiger partial charge in [0.2, 0.25) is 11.7 Å². The van der Waals surface area contributed by atoms with E-state index in [9.17, 15) is 4.79 Å². The largest absolute Gasteiger partial charge is 0.497 e. The fraction of sp³-hybridized carbons (Fsp3) is 0.250. The molecule has 2 aromatic carbocycles. The van der Waals surface area contributed by atoms with Gasteiger partial charge in [0, 0.05) is 17.7 Å². The van der Waals surface area contributed by atoms with Gasteiger partial charge >= 0.3 is 0 Å². The van der Waals surface area contributed by atoms with Crippen molar-refractivity contribution in [2.24, 2.45) is 0 Å². The van der Waals surface area contributed by atoms with Crippen LogP contribution in [0.3, 0.4) is 0 Å². The third kappa shape index (κ3) is 3.91. The number of benzene rings is 2. The third-order valence-electron chi connectivity index (χ3n) is 4.06. The van der Waals surface area contributed by atoms with E-state index in [0.717, 1.165) is 11.1 Å². The van der Waals surface area contributed by atoms with Gasteiger partial charge < -0.3 is 14.2 Å². The Hall–Kier alpha value is -3.15. The zero-order valence-corrected chi connectivity index (χ0v) is 15.1. The number of rotatable bonds is 6. The molecule has 1 heterocycles. The molecule has 0 saturated carbocycles. The summed E-state index contributed by atoms with van der Waals surface area (Å²) in [4.78, 5) is 18.8. The Kier molecular flexibility index (Phi) is 5.31. The number of aromatic nitrogens is 2. The molecule has 0 bridgehead atoms. The number of ether oxygens (including phenoxy) is 1. The van der Waals surface area contributed by atoms with Crippen molar-refractivity contribution in [3.8, 4) is 17.1 Å². The number of aryl methyl sites for hydroxylation is 1. The van der Waals surface area contributed by atoms with E-state index in [-0.39, 0.29) is 12.5 Å². The monoisotopic (exact) mass is 351 g/mol. The summed E-state index contributed by atoms with van der Waals surface area (Å²) in [5.74, 6) is 1.46. The first-order valence-corrected chi connectivity index (χ1v) is 8.43. The summed E-state index contributed by atoms with van der Waals surface area (Å²) < 4.78 is 10.5. The number of nitrogens with zero attached hydrogens (tertiary/aromatic N) is 3. The smallest absolute Gasteiger partial charge is 0.254 e. The zero-order chi connectivity index (χ0) is 18.5. The van der Waals surface area contributed by atoms with Crippen molar-refractivity contribution in [3.63, 3.8) is 0 Å². The van der Waals surface area contributed by atoms with E-state index in [2.05, 4.69) is 10.1 Å². The first kappa shape index (κ1) is 17.7. The number of hydrogen-bond acceptors (Lipinski definition) is 5. The summed E-state index contributed by atoms with van der Waals surface area (Å²) in [6.45, 7) is 4.70. The standard InChI is InChI=1S/C20H21N3O3/c1-4-23(20(24)16-9-6-10-17(12-16)25-3)13-18-21-19(22-26-18)15-8-5-7-14(2)11-15/h5-12H,4,13H2,1-3H3. The van der Waals surface area contributed by atoms with Crippen LogP contribution in [0.4, 0.5) is 0 Å². The summed E-state index contributed by atoms with van der Waals surface area (Å²) in [7, 11) is 1.58. The Labute approximate surface area is 152 Å². The van der Waals surface area contributed by atoms with E-state index in [0.29, 0.717) is 29.6 Å². The molecule has 0 radical (unpaired) electrons. The molecule has 6 nitrogen and oxygen atoms in total. The average Bonchev–Trinajstić information content (AvgIpc) is 3.14. The van der Waals surface area contributed by atoms with Crippen LogP contribution in [0.2, 0.25) is 0 Å². The molecule has 0 unspecified atom stereocenters. The van der Waals surface area contributed by atoms with Gasteiger partial charge in [0.25, 0.3) is 5.91 Å². The second kappa shape index (κ2) is 7.82. The van der Waals surface area contributed by atoms with Gasteiger partial charge in [-0.3, -0.25) is 4.79 Å². The van der Waals surface area contributed by atoms with Crippen LogP contribution in [0, 0.1) is 6.92 Å². The predicted octanol–water partition coefficient (Wildman–Crippen LogP) is 3.72. The first-order valence-electron chi connectivity index (χ1n) is 8.43. The van der Waals surface area contributed by atoms with Crippen LogP contribution >= 0.6 is 0 Å². The van der Waals surface area contributed by atoms with Crippen LogP contribution < -0.4 is 4.74 Å². The molecule has 3 rings (SSSR count). The molecule has 1 amide bonds. The molecule has 0 N–H and O–H groups in total. The highest BCUT2D eigenvalue weighted by Gasteiger charge is 2.18. The molecule has 1 aromatic heterocycles. The highest BCUT2D eigenvalue weighted by molar-refractivity contribution is 5.94. The summed E-state index contributed by atoms with van der Waals surface area (Å²) in [6.07, 6.45) is 0. The van der Waals surface area contributed by atoms with Crippen LogP contribution in [-0.2, 0) is 6.54 Å². The maximum Gasteiger partial charge on any atom is 0.254 e. The lowest BCUT2D eigenvalue weighted by Gasteiger charge is -2.19. The van der Waals surface area contributed by atoms with Crippen LogP contribution in [0.5, 0.6) is 5.75 Å². The van der Waals surface area contributed by atoms with Gasteiger partial charge in [-0.1, -0.05) is 35.0 Å². The van der Waals surface area contributed by atoms with Gasteiger partial charge in [-0.05, 0) is 38.1 Å². The molecule has 0 saturated heterocycles. The molecule has 26 heavy (non-hydrogen) atoms. The van der Waals surface area contributed by atoms with E-state index >= 15 is 0 Å². The number of carbonyl (C=O) groups excluding carboxylic acids is 1. The summed E-state index contributed by atoms with van der Waals surface area (Å²) in [5.41, 5.74) is 2.57. The van der Waals surface area contributed by atoms with Gasteiger partial charge in [-0.15, -0.1) is 0 Å². The highest BCUT2D eigenvalue weighted by atomic mass is 16.5. The number of amides is 1. The molecular formula is C20H21N3O3. The fourth-order valence-electron chi connectivity index (χ4n) is 2.65. The van der Waals surface area contributed by atoms with Gasteiger partial charge in [0.15, 0.2) is 0 Å². The van der Waals surface area contributed by atoms with Crippen molar-refractivity contribution in [2.75, 3.05) is 13.7 Å². The van der Waals surface area contributed by atoms with Crippen molar-refractivity contribution in [1.82, 2.24) is 15.0 Å². The number of methoxy groups -OCH3 is 1. The molecule has 0 aliphatic rings. The Balaban J connectivity index is 1.77. The quantitative estimate of drug-likeness (QED) is 0.677. The van der Waals surface area contributed by atoms with Gasteiger partial charge in [0.1, 0.15) is 12.3 Å². The molecular weight excluding hydrogens is 330 g/mol. The Morgan fingerprint density at radius 2 is 2.00 bits per heavy atom. The Morgan fingerprint density at radius 3 is 2.73 bits per heavy atom. The fourth-order valence-corrected chi connectivity index (χ4v) is 2.65. The normalized spacial score (nSPS) is 10.6. The Bertz CT molecular complexity index is 905. The van der Waals surface area contributed by atoms with E-state index in [1.807, 2.05) is 38.1 Å². The first-order chi connectivity index (χ1) is 12.6. The summed E-state index contributed by atoms with van der Waals surface area (Å²) >= 11 is 0. The predicted molar refractivity (Wildman–Crippen MR) is 97.9 cm³/mol. The topological polar surface area (TPSA) is 68.5 Å². The molecule has 0 aliphatic carbocycles. The van der Waals surface area contributed by atoms with E-state index in [1.165, 1.54) is 0 Å². The summed E-state index contributed by atoms with van der Waals surface area (Å²) in [5, 5.41) is 4.03. The SMILES string of the molecule is CCN(Cc1nc(-c2cccc(C)c2)no1)C(=O)c1cccc(OC)c1. The van der Waals surface area contributed by atoms with E-state index in [4.69, 9.17) is 9.26 Å². The van der Waals surface area contributed by atoms with Crippen molar-refractivity contribution in [2.45, 2.75) is 20.4 Å². The zero-order valence-electron chi connectivity index (χ0n) is 15.1. The molecule has 0 fully saturated rings. The third-order valence-corrected chi connectivity index (χ3v) is 4.06. The maximum atomic E-state index is 12.8. The summed E-state index contributed by atoms with van der Waals surface area (Å²) in [6, 6.07) is 15.0.